The molecule has 0 fully saturated rings. The average molecular weight is 250 g/mol. The fourth-order valence-corrected chi connectivity index (χ4v) is 1.28. The molecule has 1 rings (SSSR count). The van der Waals surface area contributed by atoms with Gasteiger partial charge in [-0.3, -0.25) is 10.1 Å². The van der Waals surface area contributed by atoms with Crippen molar-refractivity contribution in [3.8, 4) is 5.75 Å². The first-order valence-corrected chi connectivity index (χ1v) is 5.64. The van der Waals surface area contributed by atoms with Crippen LogP contribution in [0.3, 0.4) is 0 Å². The summed E-state index contributed by atoms with van der Waals surface area (Å²) in [5.74, 6) is 0.438. The minimum Gasteiger partial charge on any atom is -0.497 e. The van der Waals surface area contributed by atoms with Crippen LogP contribution in [0.5, 0.6) is 5.75 Å². The van der Waals surface area contributed by atoms with Crippen LogP contribution in [0.2, 0.25) is 0 Å². The van der Waals surface area contributed by atoms with Gasteiger partial charge in [0.25, 0.3) is 11.9 Å². The number of amidine groups is 1. The Bertz CT molecular complexity index is 424. The molecule has 1 aromatic carbocycles. The van der Waals surface area contributed by atoms with Gasteiger partial charge in [0.2, 0.25) is 0 Å². The molecular weight excluding hydrogens is 232 g/mol. The summed E-state index contributed by atoms with van der Waals surface area (Å²) in [6.07, 6.45) is 0. The molecule has 1 aromatic rings. The molecule has 0 saturated carbocycles. The molecule has 5 heteroatoms. The fraction of sp³-hybridized carbons (Fsp3) is 0.385. The number of amides is 1. The summed E-state index contributed by atoms with van der Waals surface area (Å²) in [5.41, 5.74) is 0.518. The van der Waals surface area contributed by atoms with E-state index in [2.05, 4.69) is 10.3 Å². The van der Waals surface area contributed by atoms with Gasteiger partial charge in [0.1, 0.15) is 5.75 Å². The van der Waals surface area contributed by atoms with E-state index in [1.54, 1.807) is 31.4 Å². The molecule has 0 aromatic heterocycles. The van der Waals surface area contributed by atoms with Crippen LogP contribution in [0.1, 0.15) is 24.2 Å². The first-order chi connectivity index (χ1) is 8.56. The summed E-state index contributed by atoms with van der Waals surface area (Å²) in [6, 6.07) is 7.07. The Balaban J connectivity index is 2.74. The van der Waals surface area contributed by atoms with E-state index in [1.165, 1.54) is 7.11 Å². The molecule has 18 heavy (non-hydrogen) atoms. The van der Waals surface area contributed by atoms with Crippen molar-refractivity contribution in [3.05, 3.63) is 29.8 Å². The maximum Gasteiger partial charge on any atom is 0.291 e. The minimum atomic E-state index is -0.265. The number of ether oxygens (including phenoxy) is 2. The first kappa shape index (κ1) is 14.0. The van der Waals surface area contributed by atoms with Crippen molar-refractivity contribution in [2.45, 2.75) is 19.9 Å². The molecule has 0 bridgehead atoms. The van der Waals surface area contributed by atoms with Crippen molar-refractivity contribution in [3.63, 3.8) is 0 Å². The third kappa shape index (κ3) is 4.08. The summed E-state index contributed by atoms with van der Waals surface area (Å²) in [4.78, 5) is 16.0. The zero-order chi connectivity index (χ0) is 13.5. The predicted octanol–water partition coefficient (Wildman–Crippen LogP) is 1.84. The Kier molecular flexibility index (Phi) is 5.17. The highest BCUT2D eigenvalue weighted by Crippen LogP contribution is 2.11. The van der Waals surface area contributed by atoms with E-state index >= 15 is 0 Å². The van der Waals surface area contributed by atoms with Crippen LogP contribution >= 0.6 is 0 Å². The number of benzene rings is 1. The van der Waals surface area contributed by atoms with Crippen molar-refractivity contribution >= 4 is 11.9 Å². The van der Waals surface area contributed by atoms with Crippen LogP contribution in [-0.4, -0.2) is 32.2 Å². The molecule has 0 radical (unpaired) electrons. The molecule has 98 valence electrons. The van der Waals surface area contributed by atoms with Crippen molar-refractivity contribution in [1.82, 2.24) is 5.32 Å². The van der Waals surface area contributed by atoms with Crippen molar-refractivity contribution in [2.75, 3.05) is 14.2 Å². The number of nitrogens with zero attached hydrogens (tertiary/aromatic N) is 1. The van der Waals surface area contributed by atoms with Gasteiger partial charge in [-0.2, -0.15) is 0 Å². The quantitative estimate of drug-likeness (QED) is 0.657. The second-order valence-corrected chi connectivity index (χ2v) is 3.91. The Hall–Kier alpha value is -2.04. The average Bonchev–Trinajstić information content (AvgIpc) is 2.37. The normalized spacial score (nSPS) is 11.3. The predicted molar refractivity (Wildman–Crippen MR) is 70.0 cm³/mol. The highest BCUT2D eigenvalue weighted by molar-refractivity contribution is 6.04. The van der Waals surface area contributed by atoms with Crippen LogP contribution < -0.4 is 10.1 Å². The Morgan fingerprint density at radius 3 is 2.28 bits per heavy atom. The lowest BCUT2D eigenvalue weighted by atomic mass is 10.2. The molecule has 5 nitrogen and oxygen atoms in total. The first-order valence-electron chi connectivity index (χ1n) is 5.64. The molecule has 0 aliphatic heterocycles. The second kappa shape index (κ2) is 6.64. The van der Waals surface area contributed by atoms with Crippen molar-refractivity contribution in [1.29, 1.82) is 0 Å². The van der Waals surface area contributed by atoms with Crippen molar-refractivity contribution in [2.24, 2.45) is 4.99 Å². The number of aliphatic imine (C=N–C) groups is 1. The van der Waals surface area contributed by atoms with Gasteiger partial charge in [0, 0.05) is 11.6 Å². The SMILES string of the molecule is COC(=NC(C)C)NC(=O)c1ccc(OC)cc1. The molecule has 0 aliphatic carbocycles. The summed E-state index contributed by atoms with van der Waals surface area (Å²) in [5, 5.41) is 2.60. The summed E-state index contributed by atoms with van der Waals surface area (Å²) in [7, 11) is 3.04. The summed E-state index contributed by atoms with van der Waals surface area (Å²) < 4.78 is 10.0. The Labute approximate surface area is 107 Å². The van der Waals surface area contributed by atoms with Crippen molar-refractivity contribution < 1.29 is 14.3 Å². The van der Waals surface area contributed by atoms with E-state index in [4.69, 9.17) is 9.47 Å². The van der Waals surface area contributed by atoms with Gasteiger partial charge in [-0.25, -0.2) is 4.99 Å². The van der Waals surface area contributed by atoms with E-state index in [-0.39, 0.29) is 18.0 Å². The van der Waals surface area contributed by atoms with Gasteiger partial charge >= 0.3 is 0 Å². The van der Waals surface area contributed by atoms with Crippen LogP contribution in [-0.2, 0) is 4.74 Å². The zero-order valence-corrected chi connectivity index (χ0v) is 11.1. The van der Waals surface area contributed by atoms with Gasteiger partial charge in [-0.15, -0.1) is 0 Å². The molecule has 1 N–H and O–H groups in total. The molecule has 0 unspecified atom stereocenters. The van der Waals surface area contributed by atoms with E-state index in [9.17, 15) is 4.79 Å². The lowest BCUT2D eigenvalue weighted by Crippen LogP contribution is -2.32. The van der Waals surface area contributed by atoms with Gasteiger partial charge in [-0.1, -0.05) is 0 Å². The monoisotopic (exact) mass is 250 g/mol. The number of hydrogen-bond donors (Lipinski definition) is 1. The summed E-state index contributed by atoms with van der Waals surface area (Å²) in [6.45, 7) is 3.80. The molecule has 0 heterocycles. The highest BCUT2D eigenvalue weighted by Gasteiger charge is 2.09. The van der Waals surface area contributed by atoms with Gasteiger partial charge < -0.3 is 9.47 Å². The number of hydrogen-bond acceptors (Lipinski definition) is 4. The maximum atomic E-state index is 11.9. The molecule has 0 atom stereocenters. The van der Waals surface area contributed by atoms with Gasteiger partial charge in [0.05, 0.1) is 14.2 Å². The number of carbonyl (C=O) groups is 1. The largest absolute Gasteiger partial charge is 0.497 e. The molecule has 0 saturated heterocycles. The topological polar surface area (TPSA) is 59.9 Å². The van der Waals surface area contributed by atoms with E-state index < -0.39 is 0 Å². The zero-order valence-electron chi connectivity index (χ0n) is 11.1. The maximum absolute atomic E-state index is 11.9. The van der Waals surface area contributed by atoms with Gasteiger partial charge in [0.15, 0.2) is 0 Å². The minimum absolute atomic E-state index is 0.0520. The molecule has 0 aliphatic rings. The third-order valence-corrected chi connectivity index (χ3v) is 2.14. The molecular formula is C13H18N2O3. The van der Waals surface area contributed by atoms with E-state index in [1.807, 2.05) is 13.8 Å². The molecule has 1 amide bonds. The standard InChI is InChI=1S/C13H18N2O3/c1-9(2)14-13(18-4)15-12(16)10-5-7-11(17-3)8-6-10/h5-9H,1-4H3,(H,14,15,16). The number of methoxy groups -OCH3 is 2. The van der Waals surface area contributed by atoms with Crippen LogP contribution in [0.4, 0.5) is 0 Å². The summed E-state index contributed by atoms with van der Waals surface area (Å²) >= 11 is 0. The molecule has 0 spiro atoms. The number of nitrogens with one attached hydrogen (secondary N) is 1. The van der Waals surface area contributed by atoms with E-state index in [0.29, 0.717) is 11.3 Å². The van der Waals surface area contributed by atoms with Gasteiger partial charge in [-0.05, 0) is 38.1 Å². The third-order valence-electron chi connectivity index (χ3n) is 2.14. The smallest absolute Gasteiger partial charge is 0.291 e. The fourth-order valence-electron chi connectivity index (χ4n) is 1.28. The lowest BCUT2D eigenvalue weighted by Gasteiger charge is -2.08. The highest BCUT2D eigenvalue weighted by atomic mass is 16.5. The Morgan fingerprint density at radius 2 is 1.83 bits per heavy atom. The van der Waals surface area contributed by atoms with E-state index in [0.717, 1.165) is 0 Å². The van der Waals surface area contributed by atoms with Crippen LogP contribution in [0, 0.1) is 0 Å². The second-order valence-electron chi connectivity index (χ2n) is 3.91. The number of rotatable bonds is 3. The van der Waals surface area contributed by atoms with Crippen LogP contribution in [0.15, 0.2) is 29.3 Å². The lowest BCUT2D eigenvalue weighted by molar-refractivity contribution is 0.0968. The number of carbonyl (C=O) groups excluding carboxylic acids is 1. The van der Waals surface area contributed by atoms with Crippen LogP contribution in [0.25, 0.3) is 0 Å². The Morgan fingerprint density at radius 1 is 1.22 bits per heavy atom.